The molecule has 0 bridgehead atoms. The molecule has 0 saturated carbocycles. The molecule has 4 aromatic carbocycles. The highest BCUT2D eigenvalue weighted by atomic mass is 31.2. The van der Waals surface area contributed by atoms with E-state index >= 15 is 0 Å². The van der Waals surface area contributed by atoms with E-state index in [1.807, 2.05) is 0 Å². The van der Waals surface area contributed by atoms with Gasteiger partial charge < -0.3 is 9.84 Å². The van der Waals surface area contributed by atoms with Crippen molar-refractivity contribution in [3.63, 3.8) is 0 Å². The van der Waals surface area contributed by atoms with Gasteiger partial charge in [-0.25, -0.2) is 0 Å². The van der Waals surface area contributed by atoms with E-state index in [-0.39, 0.29) is 6.61 Å². The number of ether oxygens (including phenoxy) is 1. The van der Waals surface area contributed by atoms with E-state index in [9.17, 15) is 0 Å². The van der Waals surface area contributed by atoms with Crippen molar-refractivity contribution >= 4 is 23.2 Å². The Hall–Kier alpha value is -2.93. The summed E-state index contributed by atoms with van der Waals surface area (Å²) in [6.07, 6.45) is 0.964. The number of rotatable bonds is 7. The molecule has 0 atom stereocenters. The molecule has 0 aliphatic heterocycles. The molecular formula is C29H31O2P. The van der Waals surface area contributed by atoms with Crippen LogP contribution < -0.4 is 25.8 Å². The van der Waals surface area contributed by atoms with Crippen LogP contribution in [0.5, 0.6) is 5.75 Å². The molecule has 0 radical (unpaired) electrons. The fourth-order valence-corrected chi connectivity index (χ4v) is 8.33. The number of hydrogen-bond donors (Lipinski definition) is 0. The third kappa shape index (κ3) is 5.46. The van der Waals surface area contributed by atoms with Gasteiger partial charge in [0.2, 0.25) is 0 Å². The topological polar surface area (TPSA) is 32.3 Å². The Labute approximate surface area is 192 Å². The first-order valence-electron chi connectivity index (χ1n) is 11.1. The lowest BCUT2D eigenvalue weighted by molar-refractivity contribution is -0.361. The molecule has 4 rings (SSSR count). The van der Waals surface area contributed by atoms with Gasteiger partial charge in [0.15, 0.2) is 5.75 Å². The Morgan fingerprint density at radius 2 is 1.06 bits per heavy atom. The van der Waals surface area contributed by atoms with Crippen molar-refractivity contribution in [2.45, 2.75) is 20.0 Å². The predicted molar refractivity (Wildman–Crippen MR) is 137 cm³/mol. The van der Waals surface area contributed by atoms with E-state index in [1.54, 1.807) is 6.92 Å². The van der Waals surface area contributed by atoms with Crippen LogP contribution in [-0.2, 0) is 6.16 Å². The second-order valence-corrected chi connectivity index (χ2v) is 10.8. The van der Waals surface area contributed by atoms with Gasteiger partial charge in [-0.2, -0.15) is 0 Å². The average Bonchev–Trinajstić information content (AvgIpc) is 2.85. The maximum Gasteiger partial charge on any atom is 0.162 e. The summed E-state index contributed by atoms with van der Waals surface area (Å²) in [5, 5.41) is 13.0. The summed E-state index contributed by atoms with van der Waals surface area (Å²) >= 11 is 0. The number of para-hydroxylation sites is 1. The molecule has 2 nitrogen and oxygen atoms in total. The summed E-state index contributed by atoms with van der Waals surface area (Å²) in [4.78, 5) is 0. The SMILES string of the molecule is CCOc1ccccc1[P+](Cc1ccccc1)(c1ccccc1)c1ccccc1.CC[O-]. The third-order valence-electron chi connectivity index (χ3n) is 5.23. The van der Waals surface area contributed by atoms with Crippen LogP contribution in [0, 0.1) is 0 Å². The quantitative estimate of drug-likeness (QED) is 0.380. The molecule has 0 fully saturated rings. The highest BCUT2D eigenvalue weighted by Gasteiger charge is 2.47. The van der Waals surface area contributed by atoms with Crippen LogP contribution in [-0.4, -0.2) is 13.2 Å². The van der Waals surface area contributed by atoms with Crippen LogP contribution in [0.25, 0.3) is 0 Å². The van der Waals surface area contributed by atoms with E-state index < -0.39 is 7.26 Å². The molecule has 0 aliphatic carbocycles. The molecule has 0 N–H and O–H groups in total. The van der Waals surface area contributed by atoms with E-state index in [2.05, 4.69) is 122 Å². The van der Waals surface area contributed by atoms with E-state index in [1.165, 1.54) is 21.5 Å². The first kappa shape index (κ1) is 23.7. The lowest BCUT2D eigenvalue weighted by atomic mass is 10.2. The Bertz CT molecular complexity index is 1010. The highest BCUT2D eigenvalue weighted by Crippen LogP contribution is 2.59. The van der Waals surface area contributed by atoms with Crippen LogP contribution in [0.4, 0.5) is 0 Å². The molecule has 164 valence electrons. The zero-order chi connectivity index (χ0) is 22.7. The highest BCUT2D eigenvalue weighted by molar-refractivity contribution is 7.95. The minimum atomic E-state index is -1.97. The fraction of sp³-hybridized carbons (Fsp3) is 0.172. The van der Waals surface area contributed by atoms with Crippen molar-refractivity contribution in [2.24, 2.45) is 0 Å². The Morgan fingerprint density at radius 3 is 1.56 bits per heavy atom. The molecule has 0 aliphatic rings. The minimum absolute atomic E-state index is 0. The van der Waals surface area contributed by atoms with Gasteiger partial charge in [-0.3, -0.25) is 0 Å². The van der Waals surface area contributed by atoms with Crippen LogP contribution >= 0.6 is 7.26 Å². The molecule has 32 heavy (non-hydrogen) atoms. The molecule has 0 spiro atoms. The van der Waals surface area contributed by atoms with Gasteiger partial charge >= 0.3 is 0 Å². The lowest BCUT2D eigenvalue weighted by Crippen LogP contribution is -2.33. The molecule has 0 unspecified atom stereocenters. The standard InChI is InChI=1S/C27H26OP.C2H5O/c1-2-28-26-20-12-13-21-27(26)29(24-16-8-4-9-17-24,25-18-10-5-11-19-25)22-23-14-6-3-7-15-23;1-2-3/h3-21H,2,22H2,1H3;2H2,1H3/q+1;-1. The summed E-state index contributed by atoms with van der Waals surface area (Å²) in [6, 6.07) is 41.4. The van der Waals surface area contributed by atoms with Gasteiger partial charge in [0.25, 0.3) is 0 Å². The third-order valence-corrected chi connectivity index (χ3v) is 9.62. The van der Waals surface area contributed by atoms with Crippen LogP contribution in [0.15, 0.2) is 115 Å². The van der Waals surface area contributed by atoms with Gasteiger partial charge in [0, 0.05) is 0 Å². The number of benzene rings is 4. The Balaban J connectivity index is 0.000000913. The van der Waals surface area contributed by atoms with Crippen molar-refractivity contribution < 1.29 is 9.84 Å². The summed E-state index contributed by atoms with van der Waals surface area (Å²) in [5.41, 5.74) is 1.35. The van der Waals surface area contributed by atoms with Gasteiger partial charge in [-0.15, -0.1) is 6.61 Å². The predicted octanol–water partition coefficient (Wildman–Crippen LogP) is 4.95. The summed E-state index contributed by atoms with van der Waals surface area (Å²) in [6.45, 7) is 4.28. The normalized spacial score (nSPS) is 10.7. The number of hydrogen-bond acceptors (Lipinski definition) is 2. The monoisotopic (exact) mass is 442 g/mol. The first-order chi connectivity index (χ1) is 15.8. The van der Waals surface area contributed by atoms with Crippen molar-refractivity contribution in [3.8, 4) is 5.75 Å². The average molecular weight is 443 g/mol. The van der Waals surface area contributed by atoms with Gasteiger partial charge in [-0.05, 0) is 48.9 Å². The van der Waals surface area contributed by atoms with Crippen LogP contribution in [0.2, 0.25) is 0 Å². The Morgan fingerprint density at radius 1 is 0.625 bits per heavy atom. The summed E-state index contributed by atoms with van der Waals surface area (Å²) in [7, 11) is -1.97. The van der Waals surface area contributed by atoms with Gasteiger partial charge in [0.1, 0.15) is 23.2 Å². The van der Waals surface area contributed by atoms with E-state index in [0.717, 1.165) is 11.9 Å². The molecular weight excluding hydrogens is 411 g/mol. The molecule has 0 saturated heterocycles. The molecule has 0 aromatic heterocycles. The first-order valence-corrected chi connectivity index (χ1v) is 13.1. The zero-order valence-corrected chi connectivity index (χ0v) is 19.7. The van der Waals surface area contributed by atoms with Crippen molar-refractivity contribution in [2.75, 3.05) is 13.2 Å². The maximum atomic E-state index is 8.93. The van der Waals surface area contributed by atoms with E-state index in [0.29, 0.717) is 6.61 Å². The van der Waals surface area contributed by atoms with Crippen molar-refractivity contribution in [1.29, 1.82) is 0 Å². The van der Waals surface area contributed by atoms with Gasteiger partial charge in [0.05, 0.1) is 12.8 Å². The maximum absolute atomic E-state index is 8.93. The zero-order valence-electron chi connectivity index (χ0n) is 18.9. The molecule has 0 amide bonds. The Kier molecular flexibility index (Phi) is 9.04. The largest absolute Gasteiger partial charge is 0.855 e. The molecule has 0 heterocycles. The van der Waals surface area contributed by atoms with Crippen molar-refractivity contribution in [1.82, 2.24) is 0 Å². The smallest absolute Gasteiger partial charge is 0.162 e. The summed E-state index contributed by atoms with van der Waals surface area (Å²) in [5.74, 6) is 0.993. The van der Waals surface area contributed by atoms with Gasteiger partial charge in [-0.1, -0.05) is 85.8 Å². The summed E-state index contributed by atoms with van der Waals surface area (Å²) < 4.78 is 6.15. The molecule has 3 heteroatoms. The second-order valence-electron chi connectivity index (χ2n) is 7.31. The van der Waals surface area contributed by atoms with Crippen LogP contribution in [0.1, 0.15) is 19.4 Å². The van der Waals surface area contributed by atoms with Crippen LogP contribution in [0.3, 0.4) is 0 Å². The minimum Gasteiger partial charge on any atom is -0.855 e. The van der Waals surface area contributed by atoms with Crippen molar-refractivity contribution in [3.05, 3.63) is 121 Å². The lowest BCUT2D eigenvalue weighted by Gasteiger charge is -2.29. The fourth-order valence-electron chi connectivity index (χ4n) is 3.97. The second kappa shape index (κ2) is 12.2. The van der Waals surface area contributed by atoms with E-state index in [4.69, 9.17) is 9.84 Å². The molecule has 4 aromatic rings.